The van der Waals surface area contributed by atoms with Gasteiger partial charge in [0.2, 0.25) is 0 Å². The van der Waals surface area contributed by atoms with E-state index in [2.05, 4.69) is 0 Å². The second-order valence-corrected chi connectivity index (χ2v) is 6.36. The largest absolute Gasteiger partial charge is 0.493 e. The molecule has 0 atom stereocenters. The Morgan fingerprint density at radius 1 is 1.25 bits per heavy atom. The van der Waals surface area contributed by atoms with Crippen LogP contribution in [-0.2, 0) is 10.9 Å². The number of hydrogen-bond acceptors (Lipinski definition) is 4. The molecule has 0 fully saturated rings. The van der Waals surface area contributed by atoms with Crippen molar-refractivity contribution >= 4 is 11.8 Å². The summed E-state index contributed by atoms with van der Waals surface area (Å²) in [4.78, 5) is 13.1. The number of alkyl halides is 3. The first kappa shape index (κ1) is 19.9. The second kappa shape index (κ2) is 7.63. The van der Waals surface area contributed by atoms with Gasteiger partial charge in [-0.3, -0.25) is 0 Å². The van der Waals surface area contributed by atoms with Crippen molar-refractivity contribution < 1.29 is 27.4 Å². The molecular formula is C16H23F3N2O3. The maximum Gasteiger partial charge on any atom is 0.420 e. The van der Waals surface area contributed by atoms with Gasteiger partial charge in [0.15, 0.2) is 0 Å². The highest BCUT2D eigenvalue weighted by molar-refractivity contribution is 5.67. The van der Waals surface area contributed by atoms with Crippen LogP contribution in [0.15, 0.2) is 18.2 Å². The quantitative estimate of drug-likeness (QED) is 0.647. The molecule has 0 aromatic heterocycles. The topological polar surface area (TPSA) is 64.8 Å². The fraction of sp³-hybridized carbons (Fsp3) is 0.562. The van der Waals surface area contributed by atoms with E-state index >= 15 is 0 Å². The number of anilines is 1. The monoisotopic (exact) mass is 348 g/mol. The molecule has 0 saturated heterocycles. The number of hydrogen-bond donors (Lipinski definition) is 1. The summed E-state index contributed by atoms with van der Waals surface area (Å²) < 4.78 is 49.1. The number of amides is 1. The number of halogens is 3. The highest BCUT2D eigenvalue weighted by atomic mass is 19.4. The van der Waals surface area contributed by atoms with Crippen molar-refractivity contribution in [1.82, 2.24) is 4.90 Å². The minimum Gasteiger partial charge on any atom is -0.493 e. The molecule has 0 heterocycles. The molecule has 8 heteroatoms. The summed E-state index contributed by atoms with van der Waals surface area (Å²) in [6.45, 7) is 5.58. The zero-order valence-electron chi connectivity index (χ0n) is 14.2. The molecule has 24 heavy (non-hydrogen) atoms. The molecule has 0 saturated carbocycles. The van der Waals surface area contributed by atoms with Crippen LogP contribution < -0.4 is 10.5 Å². The Morgan fingerprint density at radius 3 is 2.42 bits per heavy atom. The highest BCUT2D eigenvalue weighted by Crippen LogP contribution is 2.37. The van der Waals surface area contributed by atoms with E-state index in [-0.39, 0.29) is 18.0 Å². The summed E-state index contributed by atoms with van der Waals surface area (Å²) in [7, 11) is 1.55. The Morgan fingerprint density at radius 2 is 1.88 bits per heavy atom. The molecule has 0 radical (unpaired) electrons. The van der Waals surface area contributed by atoms with E-state index in [0.29, 0.717) is 13.0 Å². The van der Waals surface area contributed by atoms with Crippen molar-refractivity contribution in [3.63, 3.8) is 0 Å². The van der Waals surface area contributed by atoms with Gasteiger partial charge in [0.05, 0.1) is 12.2 Å². The van der Waals surface area contributed by atoms with E-state index in [1.54, 1.807) is 27.8 Å². The third kappa shape index (κ3) is 6.55. The predicted octanol–water partition coefficient (Wildman–Crippen LogP) is 3.92. The van der Waals surface area contributed by atoms with Crippen LogP contribution in [0.4, 0.5) is 23.7 Å². The molecule has 1 aromatic carbocycles. The summed E-state index contributed by atoms with van der Waals surface area (Å²) >= 11 is 0. The van der Waals surface area contributed by atoms with Crippen LogP contribution in [0.2, 0.25) is 0 Å². The van der Waals surface area contributed by atoms with Gasteiger partial charge in [0, 0.05) is 19.3 Å². The molecule has 0 aliphatic rings. The summed E-state index contributed by atoms with van der Waals surface area (Å²) in [6.07, 6.45) is -4.68. The van der Waals surface area contributed by atoms with Gasteiger partial charge >= 0.3 is 12.3 Å². The van der Waals surface area contributed by atoms with Gasteiger partial charge in [-0.25, -0.2) is 4.79 Å². The normalized spacial score (nSPS) is 12.0. The summed E-state index contributed by atoms with van der Waals surface area (Å²) in [5.74, 6) is -0.281. The van der Waals surface area contributed by atoms with Crippen LogP contribution in [0.1, 0.15) is 32.8 Å². The predicted molar refractivity (Wildman–Crippen MR) is 84.8 cm³/mol. The van der Waals surface area contributed by atoms with Crippen LogP contribution in [0.25, 0.3) is 0 Å². The molecule has 0 aliphatic heterocycles. The number of benzene rings is 1. The van der Waals surface area contributed by atoms with E-state index in [9.17, 15) is 18.0 Å². The average molecular weight is 348 g/mol. The maximum atomic E-state index is 12.9. The van der Waals surface area contributed by atoms with Gasteiger partial charge in [-0.2, -0.15) is 13.2 Å². The van der Waals surface area contributed by atoms with Crippen molar-refractivity contribution in [3.05, 3.63) is 23.8 Å². The van der Waals surface area contributed by atoms with Crippen molar-refractivity contribution in [1.29, 1.82) is 0 Å². The van der Waals surface area contributed by atoms with Gasteiger partial charge in [0.25, 0.3) is 0 Å². The fourth-order valence-electron chi connectivity index (χ4n) is 1.81. The molecule has 1 amide bonds. The fourth-order valence-corrected chi connectivity index (χ4v) is 1.81. The standard InChI is InChI=1S/C16H23F3N2O3/c1-15(2,3)24-14(22)21(4)8-5-9-23-13-7-6-11(20)10-12(13)16(17,18)19/h6-7,10H,5,8-9,20H2,1-4H3. The van der Waals surface area contributed by atoms with Crippen LogP contribution in [0.3, 0.4) is 0 Å². The third-order valence-electron chi connectivity index (χ3n) is 2.91. The van der Waals surface area contributed by atoms with Crippen LogP contribution in [0, 0.1) is 0 Å². The molecule has 0 bridgehead atoms. The number of carbonyl (C=O) groups excluding carboxylic acids is 1. The lowest BCUT2D eigenvalue weighted by Gasteiger charge is -2.24. The van der Waals surface area contributed by atoms with E-state index in [1.165, 1.54) is 17.0 Å². The number of rotatable bonds is 5. The molecule has 2 N–H and O–H groups in total. The third-order valence-corrected chi connectivity index (χ3v) is 2.91. The summed E-state index contributed by atoms with van der Waals surface area (Å²) in [5.41, 5.74) is 3.88. The number of ether oxygens (including phenoxy) is 2. The highest BCUT2D eigenvalue weighted by Gasteiger charge is 2.34. The molecule has 0 aliphatic carbocycles. The Balaban J connectivity index is 2.53. The van der Waals surface area contributed by atoms with Gasteiger partial charge in [-0.1, -0.05) is 0 Å². The van der Waals surface area contributed by atoms with Gasteiger partial charge in [-0.05, 0) is 45.4 Å². The Bertz CT molecular complexity index is 569. The van der Waals surface area contributed by atoms with Crippen molar-refractivity contribution in [2.24, 2.45) is 0 Å². The Kier molecular flexibility index (Phi) is 6.34. The maximum absolute atomic E-state index is 12.9. The van der Waals surface area contributed by atoms with Gasteiger partial charge in [0.1, 0.15) is 11.4 Å². The zero-order valence-corrected chi connectivity index (χ0v) is 14.2. The first-order valence-electron chi connectivity index (χ1n) is 7.44. The van der Waals surface area contributed by atoms with E-state index in [4.69, 9.17) is 15.2 Å². The van der Waals surface area contributed by atoms with Gasteiger partial charge < -0.3 is 20.1 Å². The molecule has 0 spiro atoms. The molecule has 5 nitrogen and oxygen atoms in total. The van der Waals surface area contributed by atoms with E-state index in [0.717, 1.165) is 6.07 Å². The molecule has 136 valence electrons. The number of carbonyl (C=O) groups is 1. The van der Waals surface area contributed by atoms with Crippen molar-refractivity contribution in [2.75, 3.05) is 25.9 Å². The van der Waals surface area contributed by atoms with Crippen molar-refractivity contribution in [2.45, 2.75) is 39.0 Å². The first-order valence-corrected chi connectivity index (χ1v) is 7.44. The minimum atomic E-state index is -4.54. The number of nitrogens with zero attached hydrogens (tertiary/aromatic N) is 1. The Hall–Kier alpha value is -2.12. The van der Waals surface area contributed by atoms with E-state index in [1.807, 2.05) is 0 Å². The smallest absolute Gasteiger partial charge is 0.420 e. The SMILES string of the molecule is CN(CCCOc1ccc(N)cc1C(F)(F)F)C(=O)OC(C)(C)C. The van der Waals surface area contributed by atoms with Crippen LogP contribution >= 0.6 is 0 Å². The number of nitrogen functional groups attached to an aromatic ring is 1. The lowest BCUT2D eigenvalue weighted by Crippen LogP contribution is -2.35. The number of nitrogens with two attached hydrogens (primary N) is 1. The molecule has 0 unspecified atom stereocenters. The zero-order chi connectivity index (χ0) is 18.5. The molecule has 1 aromatic rings. The van der Waals surface area contributed by atoms with Gasteiger partial charge in [-0.15, -0.1) is 0 Å². The minimum absolute atomic E-state index is 0.0133. The van der Waals surface area contributed by atoms with Crippen molar-refractivity contribution in [3.8, 4) is 5.75 Å². The first-order chi connectivity index (χ1) is 10.9. The molecule has 1 rings (SSSR count). The lowest BCUT2D eigenvalue weighted by atomic mass is 10.1. The van der Waals surface area contributed by atoms with Crippen LogP contribution in [0.5, 0.6) is 5.75 Å². The lowest BCUT2D eigenvalue weighted by molar-refractivity contribution is -0.138. The second-order valence-electron chi connectivity index (χ2n) is 6.36. The average Bonchev–Trinajstić information content (AvgIpc) is 2.41. The Labute approximate surface area is 139 Å². The van der Waals surface area contributed by atoms with Crippen LogP contribution in [-0.4, -0.2) is 36.8 Å². The van der Waals surface area contributed by atoms with E-state index < -0.39 is 23.4 Å². The molecular weight excluding hydrogens is 325 g/mol. The summed E-state index contributed by atoms with van der Waals surface area (Å²) in [5, 5.41) is 0. The summed E-state index contributed by atoms with van der Waals surface area (Å²) in [6, 6.07) is 3.37.